The number of nitrogens with zero attached hydrogens (tertiary/aromatic N) is 1. The van der Waals surface area contributed by atoms with Crippen LogP contribution < -0.4 is 10.6 Å². The molecule has 0 saturated heterocycles. The van der Waals surface area contributed by atoms with Gasteiger partial charge in [0, 0.05) is 30.2 Å². The summed E-state index contributed by atoms with van der Waals surface area (Å²) in [7, 11) is 0. The maximum absolute atomic E-state index is 13.1. The Hall–Kier alpha value is -4.98. The smallest absolute Gasteiger partial charge is 0.407 e. The largest absolute Gasteiger partial charge is 0.449 e. The van der Waals surface area contributed by atoms with E-state index in [1.165, 1.54) is 12.1 Å². The van der Waals surface area contributed by atoms with Gasteiger partial charge in [-0.1, -0.05) is 78.9 Å². The summed E-state index contributed by atoms with van der Waals surface area (Å²) in [6.45, 7) is 0.115. The van der Waals surface area contributed by atoms with Gasteiger partial charge in [0.1, 0.15) is 12.6 Å². The molecule has 0 radical (unpaired) electrons. The first-order chi connectivity index (χ1) is 18.5. The van der Waals surface area contributed by atoms with Gasteiger partial charge in [-0.05, 0) is 39.9 Å². The van der Waals surface area contributed by atoms with Crippen molar-refractivity contribution in [2.75, 3.05) is 11.9 Å². The van der Waals surface area contributed by atoms with Gasteiger partial charge in [0.15, 0.2) is 0 Å². The van der Waals surface area contributed by atoms with E-state index in [0.29, 0.717) is 11.3 Å². The fraction of sp³-hybridized carbons (Fsp3) is 0.133. The van der Waals surface area contributed by atoms with Crippen molar-refractivity contribution in [2.45, 2.75) is 18.4 Å². The fourth-order valence-corrected chi connectivity index (χ4v) is 4.73. The van der Waals surface area contributed by atoms with E-state index in [0.717, 1.165) is 22.3 Å². The second kappa shape index (κ2) is 11.0. The molecular formula is C30H25N3O5. The molecule has 1 aliphatic carbocycles. The molecule has 5 rings (SSSR count). The normalized spacial score (nSPS) is 12.6. The molecule has 0 fully saturated rings. The number of fused-ring (bicyclic) bond motifs is 3. The van der Waals surface area contributed by atoms with Crippen LogP contribution in [0.4, 0.5) is 16.2 Å². The standard InChI is InChI=1S/C30H25N3O5/c34-29(31-21-8-2-1-3-9-21)28(18-20-14-16-22(17-15-20)33(36)37)32-30(35)38-19-27-25-12-6-4-10-23(25)24-11-5-7-13-26(24)27/h1-17,27-28H,18-19H2,(H,31,34)(H,32,35)/t28-/m0/s1. The lowest BCUT2D eigenvalue weighted by Gasteiger charge is -2.20. The molecule has 190 valence electrons. The monoisotopic (exact) mass is 507 g/mol. The van der Waals surface area contributed by atoms with E-state index in [1.807, 2.05) is 42.5 Å². The molecule has 0 heterocycles. The van der Waals surface area contributed by atoms with Crippen LogP contribution in [0.1, 0.15) is 22.6 Å². The molecule has 0 aromatic heterocycles. The van der Waals surface area contributed by atoms with E-state index in [2.05, 4.69) is 22.8 Å². The molecule has 8 nitrogen and oxygen atoms in total. The lowest BCUT2D eigenvalue weighted by atomic mass is 9.98. The van der Waals surface area contributed by atoms with E-state index < -0.39 is 23.0 Å². The highest BCUT2D eigenvalue weighted by Crippen LogP contribution is 2.44. The number of para-hydroxylation sites is 1. The summed E-state index contributed by atoms with van der Waals surface area (Å²) in [5.74, 6) is -0.539. The number of benzene rings is 4. The summed E-state index contributed by atoms with van der Waals surface area (Å²) in [5, 5.41) is 16.5. The third-order valence-corrected chi connectivity index (χ3v) is 6.58. The Morgan fingerprint density at radius 2 is 1.39 bits per heavy atom. The molecule has 8 heteroatoms. The van der Waals surface area contributed by atoms with Crippen molar-refractivity contribution in [3.05, 3.63) is 130 Å². The number of alkyl carbamates (subject to hydrolysis) is 1. The number of ether oxygens (including phenoxy) is 1. The van der Waals surface area contributed by atoms with Crippen molar-refractivity contribution in [3.63, 3.8) is 0 Å². The predicted molar refractivity (Wildman–Crippen MR) is 144 cm³/mol. The molecule has 2 N–H and O–H groups in total. The Balaban J connectivity index is 1.30. The molecule has 1 aliphatic rings. The SMILES string of the molecule is O=C(N[C@@H](Cc1ccc([N+](=O)[O-])cc1)C(=O)Nc1ccccc1)OCC1c2ccccc2-c2ccccc21. The second-order valence-corrected chi connectivity index (χ2v) is 9.01. The van der Waals surface area contributed by atoms with Crippen molar-refractivity contribution >= 4 is 23.4 Å². The zero-order valence-corrected chi connectivity index (χ0v) is 20.4. The summed E-state index contributed by atoms with van der Waals surface area (Å²) in [4.78, 5) is 36.6. The van der Waals surface area contributed by atoms with E-state index in [1.54, 1.807) is 36.4 Å². The van der Waals surface area contributed by atoms with Crippen LogP contribution in [0.2, 0.25) is 0 Å². The van der Waals surface area contributed by atoms with Crippen LogP contribution in [-0.4, -0.2) is 29.6 Å². The Labute approximate surface area is 219 Å². The van der Waals surface area contributed by atoms with Gasteiger partial charge in [-0.3, -0.25) is 14.9 Å². The first kappa shape index (κ1) is 24.7. The highest BCUT2D eigenvalue weighted by molar-refractivity contribution is 5.96. The predicted octanol–water partition coefficient (Wildman–Crippen LogP) is 5.68. The number of nitrogens with one attached hydrogen (secondary N) is 2. The molecule has 2 amide bonds. The van der Waals surface area contributed by atoms with E-state index in [4.69, 9.17) is 4.74 Å². The number of nitro groups is 1. The quantitative estimate of drug-likeness (QED) is 0.235. The molecule has 0 spiro atoms. The Bertz CT molecular complexity index is 1430. The number of nitro benzene ring substituents is 1. The van der Waals surface area contributed by atoms with Crippen LogP contribution in [0.3, 0.4) is 0 Å². The zero-order chi connectivity index (χ0) is 26.5. The van der Waals surface area contributed by atoms with Crippen LogP contribution in [0.25, 0.3) is 11.1 Å². The van der Waals surface area contributed by atoms with Crippen LogP contribution in [0.15, 0.2) is 103 Å². The van der Waals surface area contributed by atoms with E-state index in [-0.39, 0.29) is 24.6 Å². The van der Waals surface area contributed by atoms with Crippen molar-refractivity contribution < 1.29 is 19.2 Å². The maximum Gasteiger partial charge on any atom is 0.407 e. The minimum Gasteiger partial charge on any atom is -0.449 e. The number of hydrogen-bond donors (Lipinski definition) is 2. The number of carbonyl (C=O) groups excluding carboxylic acids is 2. The number of amides is 2. The van der Waals surface area contributed by atoms with Crippen molar-refractivity contribution in [1.29, 1.82) is 0 Å². The van der Waals surface area contributed by atoms with Crippen LogP contribution >= 0.6 is 0 Å². The maximum atomic E-state index is 13.1. The number of rotatable bonds is 8. The molecule has 0 aliphatic heterocycles. The van der Waals surface area contributed by atoms with Gasteiger partial charge in [0.2, 0.25) is 5.91 Å². The fourth-order valence-electron chi connectivity index (χ4n) is 4.73. The van der Waals surface area contributed by atoms with Crippen molar-refractivity contribution in [3.8, 4) is 11.1 Å². The average Bonchev–Trinajstić information content (AvgIpc) is 3.26. The third-order valence-electron chi connectivity index (χ3n) is 6.58. The van der Waals surface area contributed by atoms with Gasteiger partial charge in [0.25, 0.3) is 5.69 Å². The number of carbonyl (C=O) groups is 2. The average molecular weight is 508 g/mol. The minimum atomic E-state index is -0.965. The molecular weight excluding hydrogens is 482 g/mol. The first-order valence-electron chi connectivity index (χ1n) is 12.2. The van der Waals surface area contributed by atoms with Gasteiger partial charge in [-0.2, -0.15) is 0 Å². The molecule has 0 saturated carbocycles. The van der Waals surface area contributed by atoms with Gasteiger partial charge < -0.3 is 15.4 Å². The van der Waals surface area contributed by atoms with Crippen molar-refractivity contribution in [2.24, 2.45) is 0 Å². The van der Waals surface area contributed by atoms with Gasteiger partial charge in [-0.15, -0.1) is 0 Å². The lowest BCUT2D eigenvalue weighted by Crippen LogP contribution is -2.45. The summed E-state index contributed by atoms with van der Waals surface area (Å²) in [5.41, 5.74) is 5.61. The molecule has 4 aromatic carbocycles. The lowest BCUT2D eigenvalue weighted by molar-refractivity contribution is -0.384. The van der Waals surface area contributed by atoms with Gasteiger partial charge in [0.05, 0.1) is 4.92 Å². The van der Waals surface area contributed by atoms with Crippen LogP contribution in [-0.2, 0) is 16.0 Å². The van der Waals surface area contributed by atoms with Crippen molar-refractivity contribution in [1.82, 2.24) is 5.32 Å². The Morgan fingerprint density at radius 3 is 2.00 bits per heavy atom. The van der Waals surface area contributed by atoms with Gasteiger partial charge >= 0.3 is 6.09 Å². The topological polar surface area (TPSA) is 111 Å². The minimum absolute atomic E-state index is 0.0523. The van der Waals surface area contributed by atoms with Crippen LogP contribution in [0.5, 0.6) is 0 Å². The third kappa shape index (κ3) is 5.39. The number of non-ortho nitro benzene ring substituents is 1. The summed E-state index contributed by atoms with van der Waals surface area (Å²) >= 11 is 0. The van der Waals surface area contributed by atoms with Gasteiger partial charge in [-0.25, -0.2) is 4.79 Å². The summed E-state index contributed by atoms with van der Waals surface area (Å²) in [6.07, 6.45) is -0.595. The molecule has 0 unspecified atom stereocenters. The highest BCUT2D eigenvalue weighted by Gasteiger charge is 2.30. The highest BCUT2D eigenvalue weighted by atomic mass is 16.6. The summed E-state index contributed by atoms with van der Waals surface area (Å²) in [6, 6.07) is 29.9. The summed E-state index contributed by atoms with van der Waals surface area (Å²) < 4.78 is 5.64. The van der Waals surface area contributed by atoms with E-state index >= 15 is 0 Å². The number of hydrogen-bond acceptors (Lipinski definition) is 5. The Morgan fingerprint density at radius 1 is 0.816 bits per heavy atom. The molecule has 1 atom stereocenters. The Kier molecular flexibility index (Phi) is 7.13. The first-order valence-corrected chi connectivity index (χ1v) is 12.2. The molecule has 0 bridgehead atoms. The molecule has 4 aromatic rings. The molecule has 38 heavy (non-hydrogen) atoms. The zero-order valence-electron chi connectivity index (χ0n) is 20.4. The van der Waals surface area contributed by atoms with E-state index in [9.17, 15) is 19.7 Å². The second-order valence-electron chi connectivity index (χ2n) is 9.01. The number of anilines is 1. The van der Waals surface area contributed by atoms with Crippen LogP contribution in [0, 0.1) is 10.1 Å².